The highest BCUT2D eigenvalue weighted by Crippen LogP contribution is 2.86. The zero-order valence-electron chi connectivity index (χ0n) is 29.2. The van der Waals surface area contributed by atoms with E-state index in [1.165, 1.54) is 111 Å². The molecule has 0 amide bonds. The largest absolute Gasteiger partial charge is 0.443 e. The van der Waals surface area contributed by atoms with Gasteiger partial charge in [0.1, 0.15) is 0 Å². The molecule has 0 radical (unpaired) electrons. The SMILES string of the molecule is CN1CC2(c3ccc4c(c3)CCCC4)C3C1OC(=O)/C=C\C(=O)OC1C4C5CCC(C4(c4ccc6c(c4)CCCC6)CN1C)C51C3CCC21. The second-order valence-corrected chi connectivity index (χ2v) is 17.8. The fourth-order valence-electron chi connectivity index (χ4n) is 15.5. The van der Waals surface area contributed by atoms with E-state index in [-0.39, 0.29) is 40.5 Å². The average molecular weight is 659 g/mol. The lowest BCUT2D eigenvalue weighted by molar-refractivity contribution is -0.156. The molecular formula is C43H50N2O4. The molecule has 49 heavy (non-hydrogen) atoms. The third-order valence-corrected chi connectivity index (χ3v) is 16.4. The van der Waals surface area contributed by atoms with Crippen LogP contribution in [-0.4, -0.2) is 61.4 Å². The van der Waals surface area contributed by atoms with Gasteiger partial charge in [0.15, 0.2) is 12.5 Å². The highest BCUT2D eigenvalue weighted by molar-refractivity contribution is 5.91. The molecule has 2 aromatic carbocycles. The molecule has 4 saturated carbocycles. The number of esters is 2. The Hall–Kier alpha value is -2.96. The second kappa shape index (κ2) is 10.1. The number of benzene rings is 2. The highest BCUT2D eigenvalue weighted by Gasteiger charge is 2.87. The summed E-state index contributed by atoms with van der Waals surface area (Å²) in [7, 11) is 4.35. The number of fused-ring (bicyclic) bond motifs is 4. The van der Waals surface area contributed by atoms with Crippen molar-refractivity contribution in [2.75, 3.05) is 27.2 Å². The Morgan fingerprint density at radius 1 is 0.592 bits per heavy atom. The molecule has 1 spiro atoms. The molecule has 11 rings (SSSR count). The summed E-state index contributed by atoms with van der Waals surface area (Å²) in [4.78, 5) is 31.7. The molecular weight excluding hydrogens is 608 g/mol. The van der Waals surface area contributed by atoms with Gasteiger partial charge in [0.2, 0.25) is 0 Å². The third-order valence-electron chi connectivity index (χ3n) is 16.4. The molecule has 0 aromatic heterocycles. The minimum Gasteiger partial charge on any atom is -0.443 e. The molecule has 6 nitrogen and oxygen atoms in total. The highest BCUT2D eigenvalue weighted by atomic mass is 16.6. The van der Waals surface area contributed by atoms with Crippen molar-refractivity contribution in [1.82, 2.24) is 9.80 Å². The van der Waals surface area contributed by atoms with Crippen molar-refractivity contribution in [2.45, 2.75) is 100 Å². The molecule has 10 unspecified atom stereocenters. The van der Waals surface area contributed by atoms with Crippen LogP contribution in [0.3, 0.4) is 0 Å². The van der Waals surface area contributed by atoms with E-state index in [1.54, 1.807) is 11.1 Å². The number of hydrogen-bond donors (Lipinski definition) is 0. The van der Waals surface area contributed by atoms with Crippen molar-refractivity contribution < 1.29 is 19.1 Å². The Kier molecular flexibility index (Phi) is 6.12. The van der Waals surface area contributed by atoms with Gasteiger partial charge < -0.3 is 9.47 Å². The first kappa shape index (κ1) is 29.7. The summed E-state index contributed by atoms with van der Waals surface area (Å²) in [5.41, 5.74) is 9.23. The predicted octanol–water partition coefficient (Wildman–Crippen LogP) is 6.12. The Morgan fingerprint density at radius 2 is 1.02 bits per heavy atom. The number of carbonyl (C=O) groups excluding carboxylic acids is 2. The number of likely N-dealkylation sites (tertiary alicyclic amines) is 2. The van der Waals surface area contributed by atoms with Crippen molar-refractivity contribution in [2.24, 2.45) is 40.9 Å². The number of aryl methyl sites for hydroxylation is 4. The van der Waals surface area contributed by atoms with Crippen molar-refractivity contribution >= 4 is 11.9 Å². The maximum Gasteiger partial charge on any atom is 0.332 e. The smallest absolute Gasteiger partial charge is 0.332 e. The Bertz CT molecular complexity index is 1690. The minimum atomic E-state index is -0.428. The summed E-state index contributed by atoms with van der Waals surface area (Å²) in [6.07, 6.45) is 16.8. The van der Waals surface area contributed by atoms with E-state index < -0.39 is 11.9 Å². The first-order valence-electron chi connectivity index (χ1n) is 19.6. The number of hydrogen-bond acceptors (Lipinski definition) is 6. The van der Waals surface area contributed by atoms with Crippen LogP contribution in [0.1, 0.15) is 84.7 Å². The van der Waals surface area contributed by atoms with Crippen LogP contribution in [0.15, 0.2) is 48.6 Å². The van der Waals surface area contributed by atoms with Crippen molar-refractivity contribution in [3.8, 4) is 0 Å². The summed E-state index contributed by atoms with van der Waals surface area (Å²) in [5, 5.41) is 0. The molecule has 3 heterocycles. The Labute approximate surface area is 290 Å². The van der Waals surface area contributed by atoms with Gasteiger partial charge in [0, 0.05) is 47.9 Å². The van der Waals surface area contributed by atoms with Crippen LogP contribution in [0.5, 0.6) is 0 Å². The molecule has 7 bridgehead atoms. The number of ether oxygens (including phenoxy) is 2. The number of nitrogens with zero attached hydrogens (tertiary/aromatic N) is 2. The number of likely N-dealkylation sites (N-methyl/N-ethyl adjacent to an activating group) is 2. The van der Waals surface area contributed by atoms with Crippen LogP contribution in [0.25, 0.3) is 0 Å². The van der Waals surface area contributed by atoms with Gasteiger partial charge in [-0.25, -0.2) is 9.59 Å². The molecule has 2 saturated heterocycles. The lowest BCUT2D eigenvalue weighted by atomic mass is 9.59. The van der Waals surface area contributed by atoms with Gasteiger partial charge in [0.25, 0.3) is 0 Å². The van der Waals surface area contributed by atoms with Gasteiger partial charge in [-0.1, -0.05) is 36.4 Å². The van der Waals surface area contributed by atoms with Gasteiger partial charge in [-0.15, -0.1) is 0 Å². The fourth-order valence-corrected chi connectivity index (χ4v) is 15.5. The molecule has 6 heteroatoms. The minimum absolute atomic E-state index is 0.0580. The Balaban J connectivity index is 1.15. The van der Waals surface area contributed by atoms with E-state index in [1.807, 2.05) is 0 Å². The lowest BCUT2D eigenvalue weighted by Gasteiger charge is -2.45. The molecule has 9 aliphatic rings. The second-order valence-electron chi connectivity index (χ2n) is 17.8. The predicted molar refractivity (Wildman–Crippen MR) is 186 cm³/mol. The maximum absolute atomic E-state index is 13.5. The molecule has 256 valence electrons. The molecule has 6 aliphatic carbocycles. The average Bonchev–Trinajstić information content (AvgIpc) is 3.92. The van der Waals surface area contributed by atoms with Crippen LogP contribution in [0, 0.1) is 40.9 Å². The molecule has 3 aliphatic heterocycles. The van der Waals surface area contributed by atoms with Crippen molar-refractivity contribution in [3.05, 3.63) is 81.9 Å². The summed E-state index contributed by atoms with van der Waals surface area (Å²) >= 11 is 0. The van der Waals surface area contributed by atoms with Crippen LogP contribution in [0.4, 0.5) is 0 Å². The molecule has 10 atom stereocenters. The van der Waals surface area contributed by atoms with Gasteiger partial charge in [-0.3, -0.25) is 9.80 Å². The normalized spacial score (nSPS) is 45.3. The van der Waals surface area contributed by atoms with Gasteiger partial charge in [0.05, 0.1) is 0 Å². The first-order valence-corrected chi connectivity index (χ1v) is 19.6. The quantitative estimate of drug-likeness (QED) is 0.363. The fraction of sp³-hybridized carbons (Fsp3) is 0.628. The summed E-state index contributed by atoms with van der Waals surface area (Å²) in [6, 6.07) is 15.2. The van der Waals surface area contributed by atoms with Crippen molar-refractivity contribution in [3.63, 3.8) is 0 Å². The van der Waals surface area contributed by atoms with E-state index in [0.717, 1.165) is 13.1 Å². The van der Waals surface area contributed by atoms with Crippen LogP contribution in [0.2, 0.25) is 0 Å². The van der Waals surface area contributed by atoms with Gasteiger partial charge in [-0.2, -0.15) is 0 Å². The summed E-state index contributed by atoms with van der Waals surface area (Å²) in [5.74, 6) is 1.60. The molecule has 6 fully saturated rings. The third kappa shape index (κ3) is 3.52. The summed E-state index contributed by atoms with van der Waals surface area (Å²) < 4.78 is 13.0. The topological polar surface area (TPSA) is 59.1 Å². The maximum atomic E-state index is 13.5. The lowest BCUT2D eigenvalue weighted by Crippen LogP contribution is -2.47. The zero-order valence-corrected chi connectivity index (χ0v) is 29.2. The van der Waals surface area contributed by atoms with Crippen LogP contribution >= 0.6 is 0 Å². The standard InChI is InChI=1S/C43H50N2O4/c1-44-23-41(29-13-11-25-7-3-5-9-27(25)21-29)33-17-15-31-37(41)39(44)48-35(46)19-20-36(47)49-40-38-32-16-18-34(43(31,32)33)42(38,24-45(40)2)30-14-12-26-8-4-6-10-28(26)22-30/h11-14,19-22,31-34,37-40H,3-10,15-18,23-24H2,1-2H3/b20-19-. The van der Waals surface area contributed by atoms with Crippen LogP contribution < -0.4 is 0 Å². The van der Waals surface area contributed by atoms with Gasteiger partial charge >= 0.3 is 11.9 Å². The molecule has 0 N–H and O–H groups in total. The van der Waals surface area contributed by atoms with E-state index in [2.05, 4.69) is 60.3 Å². The van der Waals surface area contributed by atoms with Crippen LogP contribution in [-0.2, 0) is 55.6 Å². The number of carbonyl (C=O) groups is 2. The van der Waals surface area contributed by atoms with E-state index in [9.17, 15) is 9.59 Å². The van der Waals surface area contributed by atoms with E-state index in [4.69, 9.17) is 9.47 Å². The zero-order chi connectivity index (χ0) is 32.9. The van der Waals surface area contributed by atoms with E-state index >= 15 is 0 Å². The van der Waals surface area contributed by atoms with E-state index in [0.29, 0.717) is 23.7 Å². The monoisotopic (exact) mass is 658 g/mol. The van der Waals surface area contributed by atoms with Crippen molar-refractivity contribution in [1.29, 1.82) is 0 Å². The van der Waals surface area contributed by atoms with Gasteiger partial charge in [-0.05, 0) is 154 Å². The first-order chi connectivity index (χ1) is 23.9. The Morgan fingerprint density at radius 3 is 1.47 bits per heavy atom. The number of rotatable bonds is 2. The molecule has 2 aromatic rings. The summed E-state index contributed by atoms with van der Waals surface area (Å²) in [6.45, 7) is 1.85.